The van der Waals surface area contributed by atoms with Crippen molar-refractivity contribution in [3.63, 3.8) is 0 Å². The first-order valence-corrected chi connectivity index (χ1v) is 7.92. The number of rotatable bonds is 5. The number of anilines is 2. The van der Waals surface area contributed by atoms with E-state index in [4.69, 9.17) is 25.8 Å². The summed E-state index contributed by atoms with van der Waals surface area (Å²) >= 11 is 6.15. The Morgan fingerprint density at radius 1 is 0.880 bits per heavy atom. The van der Waals surface area contributed by atoms with E-state index in [0.717, 1.165) is 16.8 Å². The van der Waals surface area contributed by atoms with Crippen molar-refractivity contribution in [2.24, 2.45) is 0 Å². The maximum atomic E-state index is 6.15. The van der Waals surface area contributed by atoms with E-state index in [1.165, 1.54) is 0 Å². The molecule has 0 N–H and O–H groups in total. The molecule has 1 aromatic heterocycles. The quantitative estimate of drug-likeness (QED) is 0.640. The van der Waals surface area contributed by atoms with Crippen LogP contribution in [0.5, 0.6) is 17.2 Å². The van der Waals surface area contributed by atoms with Crippen LogP contribution < -0.4 is 19.1 Å². The van der Waals surface area contributed by atoms with Crippen molar-refractivity contribution < 1.29 is 14.2 Å². The van der Waals surface area contributed by atoms with E-state index in [2.05, 4.69) is 9.97 Å². The molecular weight excluding hydrogens is 342 g/mol. The summed E-state index contributed by atoms with van der Waals surface area (Å²) in [6.45, 7) is 0. The zero-order chi connectivity index (χ0) is 18.0. The van der Waals surface area contributed by atoms with E-state index in [0.29, 0.717) is 22.8 Å². The molecule has 7 heteroatoms. The summed E-state index contributed by atoms with van der Waals surface area (Å²) in [4.78, 5) is 10.6. The van der Waals surface area contributed by atoms with Crippen molar-refractivity contribution in [3.05, 3.63) is 41.7 Å². The molecule has 0 bridgehead atoms. The fraction of sp³-hybridized carbons (Fsp3) is 0.222. The molecule has 130 valence electrons. The van der Waals surface area contributed by atoms with Gasteiger partial charge in [-0.15, -0.1) is 0 Å². The third kappa shape index (κ3) is 3.13. The number of halogens is 1. The highest BCUT2D eigenvalue weighted by Gasteiger charge is 2.18. The van der Waals surface area contributed by atoms with Gasteiger partial charge in [0.15, 0.2) is 11.5 Å². The Balaban J connectivity index is 2.24. The fourth-order valence-electron chi connectivity index (χ4n) is 2.69. The number of benzene rings is 2. The van der Waals surface area contributed by atoms with Crippen molar-refractivity contribution in [3.8, 4) is 17.2 Å². The summed E-state index contributed by atoms with van der Waals surface area (Å²) in [5.74, 6) is 2.54. The van der Waals surface area contributed by atoms with E-state index in [-0.39, 0.29) is 5.28 Å². The zero-order valence-electron chi connectivity index (χ0n) is 14.4. The lowest BCUT2D eigenvalue weighted by atomic mass is 10.2. The first kappa shape index (κ1) is 17.1. The summed E-state index contributed by atoms with van der Waals surface area (Å²) in [5, 5.41) is 0.937. The van der Waals surface area contributed by atoms with Gasteiger partial charge in [-0.05, 0) is 29.8 Å². The van der Waals surface area contributed by atoms with Gasteiger partial charge in [0.25, 0.3) is 0 Å². The molecule has 0 aliphatic rings. The molecule has 3 aromatic rings. The van der Waals surface area contributed by atoms with Crippen molar-refractivity contribution in [1.29, 1.82) is 0 Å². The predicted octanol–water partition coefficient (Wildman–Crippen LogP) is 4.08. The Labute approximate surface area is 150 Å². The third-order valence-corrected chi connectivity index (χ3v) is 4.09. The topological polar surface area (TPSA) is 56.7 Å². The number of methoxy groups -OCH3 is 3. The normalized spacial score (nSPS) is 10.6. The number of hydrogen-bond donors (Lipinski definition) is 0. The lowest BCUT2D eigenvalue weighted by Gasteiger charge is -2.22. The van der Waals surface area contributed by atoms with Crippen molar-refractivity contribution in [1.82, 2.24) is 9.97 Å². The molecule has 0 unspecified atom stereocenters. The number of ether oxygens (including phenoxy) is 3. The number of nitrogens with zero attached hydrogens (tertiary/aromatic N) is 3. The van der Waals surface area contributed by atoms with E-state index < -0.39 is 0 Å². The van der Waals surface area contributed by atoms with Crippen LogP contribution in [0.15, 0.2) is 36.4 Å². The summed E-state index contributed by atoms with van der Waals surface area (Å²) in [7, 11) is 6.69. The fourth-order valence-corrected chi connectivity index (χ4v) is 2.86. The predicted molar refractivity (Wildman–Crippen MR) is 98.7 cm³/mol. The van der Waals surface area contributed by atoms with Gasteiger partial charge in [0.2, 0.25) is 5.28 Å². The first-order valence-electron chi connectivity index (χ1n) is 7.55. The smallest absolute Gasteiger partial charge is 0.224 e. The molecule has 3 rings (SSSR count). The summed E-state index contributed by atoms with van der Waals surface area (Å²) < 4.78 is 16.2. The second-order valence-corrected chi connectivity index (χ2v) is 5.61. The van der Waals surface area contributed by atoms with Crippen LogP contribution in [0.2, 0.25) is 5.28 Å². The van der Waals surface area contributed by atoms with Gasteiger partial charge in [-0.1, -0.05) is 12.1 Å². The SMILES string of the molecule is COc1cc2nc(Cl)nc(N(C)c3ccccc3OC)c2cc1OC. The second-order valence-electron chi connectivity index (χ2n) is 5.27. The number of fused-ring (bicyclic) bond motifs is 1. The van der Waals surface area contributed by atoms with Crippen LogP contribution in [-0.2, 0) is 0 Å². The highest BCUT2D eigenvalue weighted by molar-refractivity contribution is 6.29. The van der Waals surface area contributed by atoms with Crippen LogP contribution in [0, 0.1) is 0 Å². The van der Waals surface area contributed by atoms with Crippen LogP contribution in [0.25, 0.3) is 10.9 Å². The lowest BCUT2D eigenvalue weighted by molar-refractivity contribution is 0.356. The van der Waals surface area contributed by atoms with Gasteiger partial charge in [0.1, 0.15) is 11.6 Å². The van der Waals surface area contributed by atoms with Gasteiger partial charge in [-0.25, -0.2) is 4.98 Å². The zero-order valence-corrected chi connectivity index (χ0v) is 15.2. The van der Waals surface area contributed by atoms with Crippen LogP contribution in [-0.4, -0.2) is 38.3 Å². The van der Waals surface area contributed by atoms with Gasteiger partial charge in [0.05, 0.1) is 32.5 Å². The van der Waals surface area contributed by atoms with E-state index >= 15 is 0 Å². The maximum Gasteiger partial charge on any atom is 0.224 e. The first-order chi connectivity index (χ1) is 12.1. The molecule has 0 amide bonds. The van der Waals surface area contributed by atoms with E-state index in [1.807, 2.05) is 42.3 Å². The molecule has 25 heavy (non-hydrogen) atoms. The highest BCUT2D eigenvalue weighted by Crippen LogP contribution is 2.39. The van der Waals surface area contributed by atoms with Crippen LogP contribution in [0.4, 0.5) is 11.5 Å². The Bertz CT molecular complexity index is 917. The molecule has 0 aliphatic carbocycles. The maximum absolute atomic E-state index is 6.15. The molecule has 0 spiro atoms. The molecule has 2 aromatic carbocycles. The Morgan fingerprint density at radius 3 is 2.20 bits per heavy atom. The molecule has 0 saturated carbocycles. The highest BCUT2D eigenvalue weighted by atomic mass is 35.5. The molecule has 0 radical (unpaired) electrons. The third-order valence-electron chi connectivity index (χ3n) is 3.92. The summed E-state index contributed by atoms with van der Waals surface area (Å²) in [6.07, 6.45) is 0. The minimum Gasteiger partial charge on any atom is -0.495 e. The van der Waals surface area contributed by atoms with Gasteiger partial charge < -0.3 is 19.1 Å². The van der Waals surface area contributed by atoms with Gasteiger partial charge in [-0.3, -0.25) is 0 Å². The van der Waals surface area contributed by atoms with Gasteiger partial charge in [0, 0.05) is 18.5 Å². The minimum atomic E-state index is 0.150. The van der Waals surface area contributed by atoms with Crippen LogP contribution >= 0.6 is 11.6 Å². The number of aromatic nitrogens is 2. The van der Waals surface area contributed by atoms with Crippen LogP contribution in [0.3, 0.4) is 0 Å². The number of hydrogen-bond acceptors (Lipinski definition) is 6. The molecule has 0 saturated heterocycles. The lowest BCUT2D eigenvalue weighted by Crippen LogP contribution is -2.13. The Morgan fingerprint density at radius 2 is 1.52 bits per heavy atom. The number of para-hydroxylation sites is 2. The average molecular weight is 360 g/mol. The molecule has 6 nitrogen and oxygen atoms in total. The summed E-state index contributed by atoms with van der Waals surface area (Å²) in [6, 6.07) is 11.3. The van der Waals surface area contributed by atoms with Crippen molar-refractivity contribution in [2.45, 2.75) is 0 Å². The van der Waals surface area contributed by atoms with Gasteiger partial charge in [-0.2, -0.15) is 4.98 Å². The minimum absolute atomic E-state index is 0.150. The molecule has 0 fully saturated rings. The van der Waals surface area contributed by atoms with E-state index in [9.17, 15) is 0 Å². The van der Waals surface area contributed by atoms with Crippen LogP contribution in [0.1, 0.15) is 0 Å². The van der Waals surface area contributed by atoms with E-state index in [1.54, 1.807) is 27.4 Å². The Hall–Kier alpha value is -2.73. The molecule has 0 atom stereocenters. The monoisotopic (exact) mass is 359 g/mol. The molecular formula is C18H18ClN3O3. The summed E-state index contributed by atoms with van der Waals surface area (Å²) in [5.41, 5.74) is 1.52. The van der Waals surface area contributed by atoms with Crippen molar-refractivity contribution >= 4 is 34.0 Å². The largest absolute Gasteiger partial charge is 0.495 e. The standard InChI is InChI=1S/C18H18ClN3O3/c1-22(13-7-5-6-8-14(13)23-2)17-11-9-15(24-3)16(25-4)10-12(11)20-18(19)21-17/h5-10H,1-4H3. The van der Waals surface area contributed by atoms with Gasteiger partial charge >= 0.3 is 0 Å². The Kier molecular flexibility index (Phi) is 4.81. The second kappa shape index (κ2) is 7.03. The average Bonchev–Trinajstić information content (AvgIpc) is 2.65. The van der Waals surface area contributed by atoms with Crippen molar-refractivity contribution in [2.75, 3.05) is 33.3 Å². The molecule has 0 aliphatic heterocycles. The molecule has 1 heterocycles.